The summed E-state index contributed by atoms with van der Waals surface area (Å²) in [7, 11) is 0. The van der Waals surface area contributed by atoms with Crippen molar-refractivity contribution in [3.8, 4) is 11.1 Å². The zero-order valence-corrected chi connectivity index (χ0v) is 53.4. The summed E-state index contributed by atoms with van der Waals surface area (Å²) in [6.07, 6.45) is 3.23. The molecule has 8 aromatic carbocycles. The molecule has 0 N–H and O–H groups in total. The monoisotopic (exact) mass is 1090 g/mol. The molecule has 83 heavy (non-hydrogen) atoms. The molecule has 0 radical (unpaired) electrons. The molecule has 1 atom stereocenters. The zero-order valence-electron chi connectivity index (χ0n) is 53.4. The van der Waals surface area contributed by atoms with Gasteiger partial charge in [0.25, 0.3) is 0 Å². The molecule has 0 fully saturated rings. The summed E-state index contributed by atoms with van der Waals surface area (Å²) < 4.78 is 0. The molecule has 422 valence electrons. The fourth-order valence-electron chi connectivity index (χ4n) is 16.8. The van der Waals surface area contributed by atoms with E-state index in [0.717, 1.165) is 12.8 Å². The minimum atomic E-state index is -0.246. The fraction of sp³-hybridized carbons (Fsp3) is 0.383. The predicted octanol–water partition coefficient (Wildman–Crippen LogP) is 21.6. The van der Waals surface area contributed by atoms with E-state index < -0.39 is 0 Å². The highest BCUT2D eigenvalue weighted by molar-refractivity contribution is 6.04. The molecule has 8 aromatic rings. The van der Waals surface area contributed by atoms with Crippen molar-refractivity contribution in [1.29, 1.82) is 0 Å². The van der Waals surface area contributed by atoms with Gasteiger partial charge in [0.1, 0.15) is 0 Å². The van der Waals surface area contributed by atoms with Crippen LogP contribution >= 0.6 is 0 Å². The van der Waals surface area contributed by atoms with E-state index in [4.69, 9.17) is 0 Å². The van der Waals surface area contributed by atoms with Crippen LogP contribution in [0.5, 0.6) is 0 Å². The molecule has 6 aliphatic rings. The molecule has 2 heterocycles. The summed E-state index contributed by atoms with van der Waals surface area (Å²) in [5.74, 6) is -0.00139. The minimum absolute atomic E-state index is 0.00139. The van der Waals surface area contributed by atoms with Gasteiger partial charge in [0, 0.05) is 50.0 Å². The van der Waals surface area contributed by atoms with Crippen molar-refractivity contribution < 1.29 is 0 Å². The molecular formula is C81H88N2. The van der Waals surface area contributed by atoms with Crippen molar-refractivity contribution in [1.82, 2.24) is 0 Å². The molecule has 0 saturated heterocycles. The third-order valence-corrected chi connectivity index (χ3v) is 22.0. The lowest BCUT2D eigenvalue weighted by molar-refractivity contribution is 0.332. The second-order valence-electron chi connectivity index (χ2n) is 31.8. The Morgan fingerprint density at radius 3 is 1.45 bits per heavy atom. The Kier molecular flexibility index (Phi) is 11.2. The first-order valence-corrected chi connectivity index (χ1v) is 31.3. The van der Waals surface area contributed by atoms with Crippen LogP contribution in [0.1, 0.15) is 238 Å². The maximum atomic E-state index is 2.78. The van der Waals surface area contributed by atoms with E-state index in [1.54, 1.807) is 0 Å². The summed E-state index contributed by atoms with van der Waals surface area (Å²) in [6.45, 7) is 46.2. The lowest BCUT2D eigenvalue weighted by Crippen LogP contribution is -2.38. The quantitative estimate of drug-likeness (QED) is 0.174. The van der Waals surface area contributed by atoms with E-state index >= 15 is 0 Å². The molecule has 2 aliphatic heterocycles. The van der Waals surface area contributed by atoms with Crippen molar-refractivity contribution in [2.75, 3.05) is 9.80 Å². The first-order valence-electron chi connectivity index (χ1n) is 31.3. The van der Waals surface area contributed by atoms with Gasteiger partial charge in [-0.3, -0.25) is 0 Å². The lowest BCUT2D eigenvalue weighted by atomic mass is 9.59. The Morgan fingerprint density at radius 2 is 0.892 bits per heavy atom. The molecule has 0 saturated carbocycles. The smallest absolute Gasteiger partial charge is 0.0542 e. The van der Waals surface area contributed by atoms with Crippen molar-refractivity contribution in [2.45, 2.75) is 200 Å². The Balaban J connectivity index is 1.11. The average molecular weight is 1090 g/mol. The molecule has 0 amide bonds. The number of allylic oxidation sites excluding steroid dienone is 1. The van der Waals surface area contributed by atoms with Gasteiger partial charge in [-0.15, -0.1) is 0 Å². The van der Waals surface area contributed by atoms with Crippen molar-refractivity contribution in [3.05, 3.63) is 246 Å². The zero-order chi connectivity index (χ0) is 58.8. The summed E-state index contributed by atoms with van der Waals surface area (Å²) in [4.78, 5) is 5.52. The maximum Gasteiger partial charge on any atom is 0.0542 e. The topological polar surface area (TPSA) is 6.48 Å². The van der Waals surface area contributed by atoms with Gasteiger partial charge in [0.2, 0.25) is 0 Å². The Labute approximate surface area is 498 Å². The molecule has 1 unspecified atom stereocenters. The van der Waals surface area contributed by atoms with E-state index in [0.29, 0.717) is 0 Å². The highest BCUT2D eigenvalue weighted by atomic mass is 15.2. The normalized spacial score (nSPS) is 20.2. The third-order valence-electron chi connectivity index (χ3n) is 22.0. The molecule has 0 bridgehead atoms. The first-order chi connectivity index (χ1) is 38.8. The van der Waals surface area contributed by atoms with Gasteiger partial charge in [-0.2, -0.15) is 0 Å². The maximum absolute atomic E-state index is 2.78. The molecule has 14 rings (SSSR count). The summed E-state index contributed by atoms with van der Waals surface area (Å²) in [5, 5.41) is 0. The molecule has 2 nitrogen and oxygen atoms in total. The molecule has 2 heteroatoms. The van der Waals surface area contributed by atoms with E-state index in [-0.39, 0.29) is 49.2 Å². The second-order valence-corrected chi connectivity index (χ2v) is 31.8. The van der Waals surface area contributed by atoms with E-state index in [9.17, 15) is 0 Å². The number of anilines is 5. The van der Waals surface area contributed by atoms with Gasteiger partial charge < -0.3 is 9.80 Å². The van der Waals surface area contributed by atoms with E-state index in [2.05, 4.69) is 287 Å². The predicted molar refractivity (Wildman–Crippen MR) is 353 cm³/mol. The lowest BCUT2D eigenvalue weighted by Gasteiger charge is -2.49. The standard InChI is InChI=1S/C81H88N2/c1-47-38-69-72-70(39-47)83(67-35-32-51(75(5,6)7)42-53(67)48-28-30-50(31-29-48)74(2,3)4)68-46-66-65(80(16,17)60-26-22-23-27-61(60)81(66,18)19)45-55(68)71(72)56-40-49-41-63-64(79(14,15)59-25-21-20-24-58(59)78(63,12)13)44-54(49)73(56)82(69)52-33-34-57-62(43-52)77(10,11)37-36-76(57,8)9/h20-35,38-39,41-46,71H,36-37,40H2,1-19H3. The Hall–Kier alpha value is -6.90. The highest BCUT2D eigenvalue weighted by Gasteiger charge is 2.51. The molecule has 0 spiro atoms. The number of hydrogen-bond acceptors (Lipinski definition) is 2. The number of nitrogens with zero attached hydrogens (tertiary/aromatic N) is 2. The fourth-order valence-corrected chi connectivity index (χ4v) is 16.8. The molecule has 4 aliphatic carbocycles. The van der Waals surface area contributed by atoms with Crippen LogP contribution in [0.4, 0.5) is 28.4 Å². The van der Waals surface area contributed by atoms with Crippen LogP contribution in [0.15, 0.2) is 151 Å². The second kappa shape index (κ2) is 17.1. The highest BCUT2D eigenvalue weighted by Crippen LogP contribution is 2.66. The minimum Gasteiger partial charge on any atom is -0.309 e. The van der Waals surface area contributed by atoms with Crippen LogP contribution in [0.2, 0.25) is 0 Å². The Bertz CT molecular complexity index is 4140. The largest absolute Gasteiger partial charge is 0.309 e. The van der Waals surface area contributed by atoms with Crippen LogP contribution in [-0.4, -0.2) is 0 Å². The number of fused-ring (bicyclic) bond motifs is 10. The van der Waals surface area contributed by atoms with Crippen LogP contribution < -0.4 is 9.80 Å². The molecular weight excluding hydrogens is 1000 g/mol. The van der Waals surface area contributed by atoms with E-state index in [1.165, 1.54) is 152 Å². The van der Waals surface area contributed by atoms with Crippen molar-refractivity contribution >= 4 is 34.1 Å². The van der Waals surface area contributed by atoms with Gasteiger partial charge in [-0.05, 0) is 191 Å². The van der Waals surface area contributed by atoms with Gasteiger partial charge in [-0.1, -0.05) is 222 Å². The van der Waals surface area contributed by atoms with Crippen molar-refractivity contribution in [3.63, 3.8) is 0 Å². The van der Waals surface area contributed by atoms with Gasteiger partial charge >= 0.3 is 0 Å². The van der Waals surface area contributed by atoms with Crippen LogP contribution in [0, 0.1) is 6.92 Å². The number of benzene rings is 8. The summed E-state index contributed by atoms with van der Waals surface area (Å²) >= 11 is 0. The third kappa shape index (κ3) is 7.58. The van der Waals surface area contributed by atoms with Crippen LogP contribution in [0.25, 0.3) is 16.8 Å². The van der Waals surface area contributed by atoms with Gasteiger partial charge in [0.05, 0.1) is 28.4 Å². The average Bonchev–Trinajstić information content (AvgIpc) is 1.79. The van der Waals surface area contributed by atoms with E-state index in [1.807, 2.05) is 0 Å². The number of aryl methyl sites for hydroxylation is 1. The first kappa shape index (κ1) is 54.1. The molecule has 0 aromatic heterocycles. The summed E-state index contributed by atoms with van der Waals surface area (Å²) in [5.41, 5.74) is 35.1. The van der Waals surface area contributed by atoms with Gasteiger partial charge in [0.15, 0.2) is 0 Å². The van der Waals surface area contributed by atoms with Crippen LogP contribution in [-0.2, 0) is 49.7 Å². The number of rotatable bonds is 3. The van der Waals surface area contributed by atoms with Crippen molar-refractivity contribution in [2.24, 2.45) is 0 Å². The summed E-state index contributed by atoms with van der Waals surface area (Å²) in [6, 6.07) is 59.1. The van der Waals surface area contributed by atoms with Crippen LogP contribution in [0.3, 0.4) is 0 Å². The Morgan fingerprint density at radius 1 is 0.398 bits per heavy atom. The SMILES string of the molecule is Cc1cc2c3c(c1)N(c1ccc(C(C)(C)C)cc1-c1ccc(C(C)(C)C)cc1)c1cc4c(cc1C3C1=C(c3cc5c(cc3C1)C(C)(C)c1ccccc1C5(C)C)N2c1ccc2c(c1)C(C)(C)CCC2(C)C)C(C)(C)c1ccccc1C4(C)C. The van der Waals surface area contributed by atoms with Gasteiger partial charge in [-0.25, -0.2) is 0 Å². The number of hydrogen-bond donors (Lipinski definition) is 0.